The first-order chi connectivity index (χ1) is 15.7. The molecule has 0 fully saturated rings. The Kier molecular flexibility index (Phi) is 11.8. The van der Waals surface area contributed by atoms with Crippen LogP contribution in [-0.4, -0.2) is 67.3 Å². The molecule has 0 radical (unpaired) electrons. The summed E-state index contributed by atoms with van der Waals surface area (Å²) in [5, 5.41) is -2.59. The zero-order chi connectivity index (χ0) is 27.9. The number of rotatable bonds is 15. The monoisotopic (exact) mass is 556 g/mol. The molecule has 2 unspecified atom stereocenters. The van der Waals surface area contributed by atoms with Crippen LogP contribution in [0.3, 0.4) is 0 Å². The average molecular weight is 556 g/mol. The maximum Gasteiger partial charge on any atom is 0.460 e. The van der Waals surface area contributed by atoms with Crippen molar-refractivity contribution in [2.75, 3.05) is 13.2 Å². The maximum absolute atomic E-state index is 13.4. The zero-order valence-corrected chi connectivity index (χ0v) is 19.3. The lowest BCUT2D eigenvalue weighted by Crippen LogP contribution is -2.61. The molecule has 208 valence electrons. The van der Waals surface area contributed by atoms with Crippen LogP contribution in [0.15, 0.2) is 0 Å². The standard InChI is InChI=1S/C18H25F9O7S/c1-3-5-6-11(4-2)10-34-14(29)12(35(30,31)32)9-13(28)33-8-7-15(19,20)16(21,22)17(23,24)18(25,26)27/h11-12H,3-10H2,1-2H3,(H,30,31,32). The van der Waals surface area contributed by atoms with Gasteiger partial charge in [-0.1, -0.05) is 33.1 Å². The fourth-order valence-corrected chi connectivity index (χ4v) is 3.23. The number of carbonyl (C=O) groups is 2. The second-order valence-corrected chi connectivity index (χ2v) is 9.17. The summed E-state index contributed by atoms with van der Waals surface area (Å²) < 4.78 is 156. The first kappa shape index (κ1) is 33.2. The van der Waals surface area contributed by atoms with Crippen molar-refractivity contribution in [2.45, 2.75) is 81.6 Å². The fraction of sp³-hybridized carbons (Fsp3) is 0.889. The summed E-state index contributed by atoms with van der Waals surface area (Å²) in [5.74, 6) is -23.7. The summed E-state index contributed by atoms with van der Waals surface area (Å²) in [6, 6.07) is 0. The van der Waals surface area contributed by atoms with Gasteiger partial charge in [0.05, 0.1) is 26.1 Å². The van der Waals surface area contributed by atoms with Gasteiger partial charge in [-0.05, 0) is 12.3 Å². The van der Waals surface area contributed by atoms with E-state index in [4.69, 9.17) is 9.29 Å². The van der Waals surface area contributed by atoms with Gasteiger partial charge in [0.15, 0.2) is 5.25 Å². The van der Waals surface area contributed by atoms with Gasteiger partial charge in [0.1, 0.15) is 0 Å². The number of alkyl halides is 9. The Balaban J connectivity index is 5.15. The summed E-state index contributed by atoms with van der Waals surface area (Å²) in [6.07, 6.45) is -8.38. The Morgan fingerprint density at radius 3 is 1.89 bits per heavy atom. The third-order valence-corrected chi connectivity index (χ3v) is 5.95. The fourth-order valence-electron chi connectivity index (χ4n) is 2.57. The third-order valence-electron chi connectivity index (χ3n) is 4.87. The van der Waals surface area contributed by atoms with Gasteiger partial charge in [0.25, 0.3) is 10.1 Å². The predicted octanol–water partition coefficient (Wildman–Crippen LogP) is 4.79. The number of unbranched alkanes of at least 4 members (excludes halogenated alkanes) is 1. The van der Waals surface area contributed by atoms with Crippen molar-refractivity contribution in [2.24, 2.45) is 5.92 Å². The third kappa shape index (κ3) is 8.99. The molecule has 0 aromatic heterocycles. The van der Waals surface area contributed by atoms with Crippen molar-refractivity contribution in [1.29, 1.82) is 0 Å². The number of hydrogen-bond donors (Lipinski definition) is 1. The van der Waals surface area contributed by atoms with E-state index < -0.39 is 70.7 Å². The molecule has 2 atom stereocenters. The molecule has 0 saturated carbocycles. The van der Waals surface area contributed by atoms with Crippen molar-refractivity contribution in [1.82, 2.24) is 0 Å². The predicted molar refractivity (Wildman–Crippen MR) is 101 cm³/mol. The minimum absolute atomic E-state index is 0.188. The van der Waals surface area contributed by atoms with E-state index in [2.05, 4.69) is 4.74 Å². The molecule has 17 heteroatoms. The molecule has 0 aliphatic heterocycles. The summed E-state index contributed by atoms with van der Waals surface area (Å²) in [6.45, 7) is 1.50. The van der Waals surface area contributed by atoms with Crippen LogP contribution in [-0.2, 0) is 29.2 Å². The molecule has 0 spiro atoms. The lowest BCUT2D eigenvalue weighted by Gasteiger charge is -2.33. The first-order valence-corrected chi connectivity index (χ1v) is 11.6. The molecule has 0 saturated heterocycles. The van der Waals surface area contributed by atoms with E-state index in [1.54, 1.807) is 6.92 Å². The van der Waals surface area contributed by atoms with Crippen LogP contribution < -0.4 is 0 Å². The quantitative estimate of drug-likeness (QED) is 0.176. The summed E-state index contributed by atoms with van der Waals surface area (Å²) in [4.78, 5) is 23.7. The van der Waals surface area contributed by atoms with Crippen LogP contribution in [0.4, 0.5) is 39.5 Å². The van der Waals surface area contributed by atoms with E-state index in [9.17, 15) is 57.5 Å². The van der Waals surface area contributed by atoms with E-state index >= 15 is 0 Å². The van der Waals surface area contributed by atoms with E-state index in [0.29, 0.717) is 12.8 Å². The van der Waals surface area contributed by atoms with Crippen LogP contribution in [0.2, 0.25) is 0 Å². The molecule has 0 aromatic rings. The largest absolute Gasteiger partial charge is 0.465 e. The molecule has 0 aromatic carbocycles. The smallest absolute Gasteiger partial charge is 0.460 e. The normalized spacial score (nSPS) is 15.4. The lowest BCUT2D eigenvalue weighted by atomic mass is 10.0. The molecule has 0 bridgehead atoms. The summed E-state index contributed by atoms with van der Waals surface area (Å²) in [5.41, 5.74) is 0. The molecule has 0 aliphatic rings. The number of esters is 2. The van der Waals surface area contributed by atoms with E-state index in [0.717, 1.165) is 12.8 Å². The van der Waals surface area contributed by atoms with E-state index in [-0.39, 0.29) is 12.5 Å². The molecule has 0 heterocycles. The average Bonchev–Trinajstić information content (AvgIpc) is 2.69. The Hall–Kier alpha value is -1.78. The Bertz CT molecular complexity index is 814. The maximum atomic E-state index is 13.4. The van der Waals surface area contributed by atoms with Crippen molar-refractivity contribution in [3.63, 3.8) is 0 Å². The highest BCUT2D eigenvalue weighted by molar-refractivity contribution is 7.87. The lowest BCUT2D eigenvalue weighted by molar-refractivity contribution is -0.397. The van der Waals surface area contributed by atoms with E-state index in [1.165, 1.54) is 0 Å². The van der Waals surface area contributed by atoms with Gasteiger partial charge >= 0.3 is 35.9 Å². The molecule has 7 nitrogen and oxygen atoms in total. The van der Waals surface area contributed by atoms with Gasteiger partial charge in [-0.2, -0.15) is 47.9 Å². The van der Waals surface area contributed by atoms with Crippen LogP contribution in [0.5, 0.6) is 0 Å². The van der Waals surface area contributed by atoms with Crippen molar-refractivity contribution >= 4 is 22.1 Å². The second kappa shape index (κ2) is 12.5. The van der Waals surface area contributed by atoms with Gasteiger partial charge in [0, 0.05) is 0 Å². The summed E-state index contributed by atoms with van der Waals surface area (Å²) in [7, 11) is -5.31. The van der Waals surface area contributed by atoms with Gasteiger partial charge in [-0.25, -0.2) is 0 Å². The SMILES string of the molecule is CCCCC(CC)COC(=O)C(CC(=O)OCCC(F)(F)C(F)(F)C(F)(F)C(F)(F)F)S(=O)(=O)O. The van der Waals surface area contributed by atoms with Crippen LogP contribution >= 0.6 is 0 Å². The highest BCUT2D eigenvalue weighted by Crippen LogP contribution is 2.53. The number of carbonyl (C=O) groups excluding carboxylic acids is 2. The minimum Gasteiger partial charge on any atom is -0.465 e. The number of ether oxygens (including phenoxy) is 2. The van der Waals surface area contributed by atoms with Gasteiger partial charge in [0.2, 0.25) is 0 Å². The Labute approximate surface area is 195 Å². The molecular weight excluding hydrogens is 531 g/mol. The Morgan fingerprint density at radius 2 is 1.46 bits per heavy atom. The zero-order valence-electron chi connectivity index (χ0n) is 18.5. The molecule has 0 rings (SSSR count). The number of halogens is 9. The first-order valence-electron chi connectivity index (χ1n) is 10.1. The van der Waals surface area contributed by atoms with Gasteiger partial charge in [-0.15, -0.1) is 0 Å². The van der Waals surface area contributed by atoms with Crippen LogP contribution in [0.25, 0.3) is 0 Å². The summed E-state index contributed by atoms with van der Waals surface area (Å²) >= 11 is 0. The topological polar surface area (TPSA) is 107 Å². The number of hydrogen-bond acceptors (Lipinski definition) is 6. The molecule has 0 aliphatic carbocycles. The van der Waals surface area contributed by atoms with Crippen LogP contribution in [0.1, 0.15) is 52.4 Å². The van der Waals surface area contributed by atoms with E-state index in [1.807, 2.05) is 6.92 Å². The molecular formula is C18H25F9O7S. The second-order valence-electron chi connectivity index (χ2n) is 7.58. The van der Waals surface area contributed by atoms with Crippen molar-refractivity contribution in [3.05, 3.63) is 0 Å². The highest BCUT2D eigenvalue weighted by Gasteiger charge is 2.81. The van der Waals surface area contributed by atoms with Crippen molar-refractivity contribution in [3.8, 4) is 0 Å². The Morgan fingerprint density at radius 1 is 0.914 bits per heavy atom. The molecule has 1 N–H and O–H groups in total. The van der Waals surface area contributed by atoms with Crippen molar-refractivity contribution < 1.29 is 71.5 Å². The van der Waals surface area contributed by atoms with Gasteiger partial charge in [-0.3, -0.25) is 14.1 Å². The minimum atomic E-state index is -7.12. The molecule has 0 amide bonds. The van der Waals surface area contributed by atoms with Crippen LogP contribution in [0, 0.1) is 5.92 Å². The molecule has 35 heavy (non-hydrogen) atoms. The van der Waals surface area contributed by atoms with Gasteiger partial charge < -0.3 is 9.47 Å². The highest BCUT2D eigenvalue weighted by atomic mass is 32.2.